The fraction of sp³-hybridized carbons (Fsp3) is 0.227. The molecule has 0 amide bonds. The molecule has 0 aliphatic rings. The van der Waals surface area contributed by atoms with Crippen LogP contribution in [0.4, 0.5) is 0 Å². The number of fused-ring (bicyclic) bond motifs is 1. The second-order valence-corrected chi connectivity index (χ2v) is 7.77. The van der Waals surface area contributed by atoms with Crippen LogP contribution in [0.2, 0.25) is 0 Å². The molecule has 154 valence electrons. The van der Waals surface area contributed by atoms with Gasteiger partial charge in [0.05, 0.1) is 25.9 Å². The highest BCUT2D eigenvalue weighted by Crippen LogP contribution is 2.38. The number of methoxy groups -OCH3 is 3. The number of ether oxygens (including phenoxy) is 3. The lowest BCUT2D eigenvalue weighted by molar-refractivity contribution is 0.324. The Bertz CT molecular complexity index is 1280. The van der Waals surface area contributed by atoms with Crippen molar-refractivity contribution in [2.24, 2.45) is 0 Å². The summed E-state index contributed by atoms with van der Waals surface area (Å²) in [5.41, 5.74) is 2.87. The Balaban J connectivity index is 1.67. The van der Waals surface area contributed by atoms with Gasteiger partial charge in [-0.1, -0.05) is 41.2 Å². The zero-order chi connectivity index (χ0) is 21.3. The van der Waals surface area contributed by atoms with Gasteiger partial charge in [-0.2, -0.15) is 4.52 Å². The monoisotopic (exact) mass is 423 g/mol. The number of rotatable bonds is 6. The highest BCUT2D eigenvalue weighted by atomic mass is 32.1. The molecule has 0 saturated carbocycles. The van der Waals surface area contributed by atoms with Crippen molar-refractivity contribution in [3.8, 4) is 17.2 Å². The first-order chi connectivity index (χ1) is 14.5. The van der Waals surface area contributed by atoms with Gasteiger partial charge in [0, 0.05) is 6.42 Å². The van der Waals surface area contributed by atoms with Crippen molar-refractivity contribution in [1.29, 1.82) is 0 Å². The molecule has 0 N–H and O–H groups in total. The summed E-state index contributed by atoms with van der Waals surface area (Å²) < 4.78 is 18.1. The molecule has 7 nitrogen and oxygen atoms in total. The number of hydrogen-bond acceptors (Lipinski definition) is 7. The molecule has 2 aromatic heterocycles. The molecule has 0 radical (unpaired) electrons. The number of aryl methyl sites for hydroxylation is 1. The van der Waals surface area contributed by atoms with Gasteiger partial charge in [-0.15, -0.1) is 5.10 Å². The van der Waals surface area contributed by atoms with E-state index in [-0.39, 0.29) is 5.56 Å². The standard InChI is InChI=1S/C22H21N3O4S/c1-13-5-7-14(8-6-13)11-18-21(26)25-22(30-18)23-19(24-25)12-15-9-16(27-2)20(29-4)17(10-15)28-3/h5-11H,12H2,1-4H3/b18-11-. The van der Waals surface area contributed by atoms with Crippen LogP contribution in [-0.4, -0.2) is 35.9 Å². The lowest BCUT2D eigenvalue weighted by Gasteiger charge is -2.13. The fourth-order valence-electron chi connectivity index (χ4n) is 3.18. The Morgan fingerprint density at radius 1 is 1.03 bits per heavy atom. The zero-order valence-corrected chi connectivity index (χ0v) is 17.9. The van der Waals surface area contributed by atoms with Crippen LogP contribution in [0.1, 0.15) is 22.5 Å². The molecular formula is C22H21N3O4S. The third-order valence-electron chi connectivity index (χ3n) is 4.69. The molecular weight excluding hydrogens is 402 g/mol. The van der Waals surface area contributed by atoms with Crippen molar-refractivity contribution in [1.82, 2.24) is 14.6 Å². The SMILES string of the molecule is COc1cc(Cc2nc3s/c(=C\c4ccc(C)cc4)c(=O)n3n2)cc(OC)c1OC. The van der Waals surface area contributed by atoms with Crippen LogP contribution >= 0.6 is 11.3 Å². The third kappa shape index (κ3) is 3.73. The van der Waals surface area contributed by atoms with Crippen molar-refractivity contribution < 1.29 is 14.2 Å². The molecule has 8 heteroatoms. The Kier molecular flexibility index (Phi) is 5.41. The minimum absolute atomic E-state index is 0.167. The number of benzene rings is 2. The Morgan fingerprint density at radius 3 is 2.27 bits per heavy atom. The molecule has 0 aliphatic heterocycles. The molecule has 30 heavy (non-hydrogen) atoms. The Hall–Kier alpha value is -3.39. The van der Waals surface area contributed by atoms with Crippen LogP contribution < -0.4 is 24.3 Å². The van der Waals surface area contributed by atoms with Crippen LogP contribution in [0.5, 0.6) is 17.2 Å². The Morgan fingerprint density at radius 2 is 1.70 bits per heavy atom. The molecule has 0 bridgehead atoms. The van der Waals surface area contributed by atoms with Gasteiger partial charge in [-0.25, -0.2) is 4.98 Å². The number of hydrogen-bond donors (Lipinski definition) is 0. The first-order valence-electron chi connectivity index (χ1n) is 9.28. The summed E-state index contributed by atoms with van der Waals surface area (Å²) >= 11 is 1.33. The van der Waals surface area contributed by atoms with Crippen LogP contribution in [0.3, 0.4) is 0 Å². The van der Waals surface area contributed by atoms with E-state index < -0.39 is 0 Å². The fourth-order valence-corrected chi connectivity index (χ4v) is 4.11. The van der Waals surface area contributed by atoms with Crippen molar-refractivity contribution >= 4 is 22.4 Å². The summed E-state index contributed by atoms with van der Waals surface area (Å²) in [6.45, 7) is 2.03. The topological polar surface area (TPSA) is 75.0 Å². The summed E-state index contributed by atoms with van der Waals surface area (Å²) in [5.74, 6) is 2.20. The maximum atomic E-state index is 12.7. The largest absolute Gasteiger partial charge is 0.493 e. The Labute approximate surface area is 177 Å². The second-order valence-electron chi connectivity index (χ2n) is 6.76. The van der Waals surface area contributed by atoms with E-state index in [0.29, 0.717) is 39.0 Å². The van der Waals surface area contributed by atoms with Gasteiger partial charge in [0.25, 0.3) is 5.56 Å². The van der Waals surface area contributed by atoms with Crippen LogP contribution in [-0.2, 0) is 6.42 Å². The molecule has 0 fully saturated rings. The normalized spacial score (nSPS) is 11.8. The average Bonchev–Trinajstić information content (AvgIpc) is 3.27. The highest BCUT2D eigenvalue weighted by Gasteiger charge is 2.16. The molecule has 2 heterocycles. The first-order valence-corrected chi connectivity index (χ1v) is 10.1. The lowest BCUT2D eigenvalue weighted by atomic mass is 10.1. The van der Waals surface area contributed by atoms with E-state index in [1.54, 1.807) is 21.3 Å². The maximum absolute atomic E-state index is 12.7. The summed E-state index contributed by atoms with van der Waals surface area (Å²) in [6.07, 6.45) is 2.29. The summed E-state index contributed by atoms with van der Waals surface area (Å²) in [7, 11) is 4.70. The van der Waals surface area contributed by atoms with Crippen LogP contribution in [0, 0.1) is 6.92 Å². The van der Waals surface area contributed by atoms with Crippen LogP contribution in [0.15, 0.2) is 41.2 Å². The van der Waals surface area contributed by atoms with Gasteiger partial charge in [0.15, 0.2) is 17.3 Å². The van der Waals surface area contributed by atoms with Crippen molar-refractivity contribution in [2.75, 3.05) is 21.3 Å². The van der Waals surface area contributed by atoms with E-state index in [0.717, 1.165) is 11.1 Å². The van der Waals surface area contributed by atoms with E-state index >= 15 is 0 Å². The van der Waals surface area contributed by atoms with Gasteiger partial charge in [0.1, 0.15) is 0 Å². The lowest BCUT2D eigenvalue weighted by Crippen LogP contribution is -2.23. The highest BCUT2D eigenvalue weighted by molar-refractivity contribution is 7.15. The van der Waals surface area contributed by atoms with Gasteiger partial charge >= 0.3 is 0 Å². The molecule has 4 rings (SSSR count). The number of thiazole rings is 1. The molecule has 0 saturated heterocycles. The maximum Gasteiger partial charge on any atom is 0.291 e. The van der Waals surface area contributed by atoms with Gasteiger partial charge in [-0.3, -0.25) is 4.79 Å². The van der Waals surface area contributed by atoms with Crippen molar-refractivity contribution in [3.63, 3.8) is 0 Å². The van der Waals surface area contributed by atoms with Crippen molar-refractivity contribution in [3.05, 3.63) is 73.8 Å². The van der Waals surface area contributed by atoms with E-state index in [9.17, 15) is 4.79 Å². The molecule has 0 atom stereocenters. The van der Waals surface area contributed by atoms with E-state index in [2.05, 4.69) is 10.1 Å². The van der Waals surface area contributed by atoms with Gasteiger partial charge in [-0.05, 0) is 36.3 Å². The predicted molar refractivity (Wildman–Crippen MR) is 116 cm³/mol. The summed E-state index contributed by atoms with van der Waals surface area (Å²) in [5, 5.41) is 4.41. The number of nitrogens with zero attached hydrogens (tertiary/aromatic N) is 3. The smallest absolute Gasteiger partial charge is 0.291 e. The minimum Gasteiger partial charge on any atom is -0.493 e. The quantitative estimate of drug-likeness (QED) is 0.475. The zero-order valence-electron chi connectivity index (χ0n) is 17.1. The number of aromatic nitrogens is 3. The molecule has 4 aromatic rings. The van der Waals surface area contributed by atoms with E-state index in [4.69, 9.17) is 14.2 Å². The van der Waals surface area contributed by atoms with E-state index in [1.807, 2.05) is 49.4 Å². The minimum atomic E-state index is -0.167. The van der Waals surface area contributed by atoms with Gasteiger partial charge < -0.3 is 14.2 Å². The molecule has 0 spiro atoms. The first kappa shape index (κ1) is 19.9. The molecule has 0 aliphatic carbocycles. The summed E-state index contributed by atoms with van der Waals surface area (Å²) in [4.78, 5) is 17.8. The molecule has 2 aromatic carbocycles. The van der Waals surface area contributed by atoms with Crippen LogP contribution in [0.25, 0.3) is 11.0 Å². The van der Waals surface area contributed by atoms with E-state index in [1.165, 1.54) is 21.4 Å². The van der Waals surface area contributed by atoms with Crippen molar-refractivity contribution in [2.45, 2.75) is 13.3 Å². The summed E-state index contributed by atoms with van der Waals surface area (Å²) in [6, 6.07) is 11.7. The van der Waals surface area contributed by atoms with Gasteiger partial charge in [0.2, 0.25) is 10.7 Å². The second kappa shape index (κ2) is 8.16. The average molecular weight is 423 g/mol. The molecule has 0 unspecified atom stereocenters. The third-order valence-corrected chi connectivity index (χ3v) is 5.65. The predicted octanol–water partition coefficient (Wildman–Crippen LogP) is 2.62.